The second-order valence-corrected chi connectivity index (χ2v) is 3.13. The highest BCUT2D eigenvalue weighted by Gasteiger charge is 2.05. The maximum atomic E-state index is 8.70. The summed E-state index contributed by atoms with van der Waals surface area (Å²) in [7, 11) is 0. The first-order valence-electron chi connectivity index (χ1n) is 3.93. The van der Waals surface area contributed by atoms with Crippen LogP contribution in [0, 0.1) is 0 Å². The minimum Gasteiger partial charge on any atom is -0.432 e. The summed E-state index contributed by atoms with van der Waals surface area (Å²) >= 11 is 5.75. The molecular weight excluding hydrogens is 222 g/mol. The van der Waals surface area contributed by atoms with Crippen molar-refractivity contribution in [2.24, 2.45) is 5.16 Å². The molecule has 0 atom stereocenters. The van der Waals surface area contributed by atoms with Crippen LogP contribution in [0.5, 0.6) is 0 Å². The molecule has 0 amide bonds. The van der Waals surface area contributed by atoms with Gasteiger partial charge in [0.1, 0.15) is 5.52 Å². The lowest BCUT2D eigenvalue weighted by atomic mass is 10.3. The molecule has 0 aliphatic rings. The monoisotopic (exact) mass is 227 g/mol. The molecule has 0 unspecified atom stereocenters. The van der Waals surface area contributed by atoms with Crippen LogP contribution in [0.15, 0.2) is 27.8 Å². The number of hydrogen-bond donors (Lipinski definition) is 3. The van der Waals surface area contributed by atoms with Crippen LogP contribution in [0.25, 0.3) is 11.1 Å². The molecular formula is C8H6ClN3O3. The van der Waals surface area contributed by atoms with Crippen molar-refractivity contribution in [2.45, 2.75) is 0 Å². The van der Waals surface area contributed by atoms with E-state index in [4.69, 9.17) is 26.4 Å². The molecule has 2 aromatic rings. The van der Waals surface area contributed by atoms with Crippen LogP contribution in [0.3, 0.4) is 0 Å². The van der Waals surface area contributed by atoms with Crippen molar-refractivity contribution in [1.29, 1.82) is 0 Å². The maximum Gasteiger partial charge on any atom is 0.301 e. The molecule has 0 fully saturated rings. The Kier molecular flexibility index (Phi) is 2.44. The smallest absolute Gasteiger partial charge is 0.301 e. The molecule has 6 nitrogen and oxygen atoms in total. The predicted molar refractivity (Wildman–Crippen MR) is 51.8 cm³/mol. The molecule has 0 bridgehead atoms. The molecule has 15 heavy (non-hydrogen) atoms. The van der Waals surface area contributed by atoms with Gasteiger partial charge in [-0.1, -0.05) is 11.6 Å². The molecule has 1 aromatic carbocycles. The number of rotatable bonds is 1. The Morgan fingerprint density at radius 2 is 2.27 bits per heavy atom. The largest absolute Gasteiger partial charge is 0.432 e. The number of aromatic nitrogens is 1. The first-order chi connectivity index (χ1) is 7.24. The van der Waals surface area contributed by atoms with Crippen LogP contribution < -0.4 is 11.0 Å². The zero-order valence-corrected chi connectivity index (χ0v) is 8.06. The Labute approximate surface area is 88.4 Å². The van der Waals surface area contributed by atoms with E-state index in [-0.39, 0.29) is 11.4 Å². The molecule has 1 aromatic heterocycles. The van der Waals surface area contributed by atoms with Crippen molar-refractivity contribution in [2.75, 3.05) is 5.48 Å². The van der Waals surface area contributed by atoms with Crippen LogP contribution in [0.1, 0.15) is 0 Å². The summed E-state index contributed by atoms with van der Waals surface area (Å²) in [6, 6.07) is 4.76. The summed E-state index contributed by atoms with van der Waals surface area (Å²) in [5.74, 6) is -0.0905. The molecule has 0 aliphatic carbocycles. The fourth-order valence-electron chi connectivity index (χ4n) is 1.13. The van der Waals surface area contributed by atoms with E-state index in [0.717, 1.165) is 0 Å². The molecule has 7 heteroatoms. The van der Waals surface area contributed by atoms with Crippen LogP contribution in [0.4, 0.5) is 5.82 Å². The van der Waals surface area contributed by atoms with E-state index >= 15 is 0 Å². The number of nitrogens with one attached hydrogen (secondary N) is 1. The molecule has 0 saturated heterocycles. The van der Waals surface area contributed by atoms with Gasteiger partial charge in [0.05, 0.1) is 0 Å². The third kappa shape index (κ3) is 1.72. The highest BCUT2D eigenvalue weighted by molar-refractivity contribution is 6.31. The van der Waals surface area contributed by atoms with Gasteiger partial charge in [-0.3, -0.25) is 5.21 Å². The van der Waals surface area contributed by atoms with E-state index in [0.29, 0.717) is 16.1 Å². The van der Waals surface area contributed by atoms with Crippen LogP contribution >= 0.6 is 11.6 Å². The van der Waals surface area contributed by atoms with E-state index in [9.17, 15) is 0 Å². The summed E-state index contributed by atoms with van der Waals surface area (Å²) in [4.78, 5) is 3.93. The molecule has 0 radical (unpaired) electrons. The molecule has 3 N–H and O–H groups in total. The lowest BCUT2D eigenvalue weighted by Gasteiger charge is -2.00. The van der Waals surface area contributed by atoms with E-state index in [1.807, 2.05) is 0 Å². The normalized spacial score (nSPS) is 12.0. The quantitative estimate of drug-likeness (QED) is 0.508. The van der Waals surface area contributed by atoms with E-state index < -0.39 is 0 Å². The topological polar surface area (TPSA) is 90.9 Å². The van der Waals surface area contributed by atoms with Crippen molar-refractivity contribution in [3.8, 4) is 0 Å². The number of fused-ring (bicyclic) bond motifs is 1. The Balaban J connectivity index is 2.82. The third-order valence-corrected chi connectivity index (χ3v) is 1.99. The van der Waals surface area contributed by atoms with Crippen LogP contribution in [0.2, 0.25) is 5.02 Å². The predicted octanol–water partition coefficient (Wildman–Crippen LogP) is 1.57. The molecule has 78 valence electrons. The van der Waals surface area contributed by atoms with Gasteiger partial charge in [-0.05, 0) is 23.4 Å². The Bertz CT molecular complexity index is 567. The number of nitrogens with zero attached hydrogens (tertiary/aromatic N) is 2. The van der Waals surface area contributed by atoms with Crippen molar-refractivity contribution >= 4 is 28.5 Å². The number of anilines is 1. The van der Waals surface area contributed by atoms with Gasteiger partial charge in [0.2, 0.25) is 5.82 Å². The van der Waals surface area contributed by atoms with E-state index in [2.05, 4.69) is 10.1 Å². The summed E-state index contributed by atoms with van der Waals surface area (Å²) in [6.07, 6.45) is 0. The fraction of sp³-hybridized carbons (Fsp3) is 0. The zero-order chi connectivity index (χ0) is 10.8. The summed E-state index contributed by atoms with van der Waals surface area (Å²) in [5.41, 5.74) is 2.37. The second kappa shape index (κ2) is 3.76. The van der Waals surface area contributed by atoms with Crippen LogP contribution in [-0.2, 0) is 0 Å². The maximum absolute atomic E-state index is 8.70. The van der Waals surface area contributed by atoms with E-state index in [1.165, 1.54) is 0 Å². The van der Waals surface area contributed by atoms with Crippen molar-refractivity contribution < 1.29 is 14.8 Å². The zero-order valence-electron chi connectivity index (χ0n) is 7.31. The average Bonchev–Trinajstić information content (AvgIpc) is 2.27. The Morgan fingerprint density at radius 1 is 1.47 bits per heavy atom. The van der Waals surface area contributed by atoms with Gasteiger partial charge in [0.15, 0.2) is 5.58 Å². The standard InChI is InChI=1S/C8H6ClN3O3/c9-4-1-2-6-5(3-4)10-7(11-13)8(12-14)15-6/h1-3,13-14H,(H,10,11)/b12-8+. The molecule has 2 rings (SSSR count). The van der Waals surface area contributed by atoms with Gasteiger partial charge in [0, 0.05) is 5.02 Å². The van der Waals surface area contributed by atoms with Gasteiger partial charge in [-0.15, -0.1) is 0 Å². The SMILES string of the molecule is O/N=c1/oc2ccc(Cl)cc2nc1NO. The summed E-state index contributed by atoms with van der Waals surface area (Å²) in [6.45, 7) is 0. The first kappa shape index (κ1) is 9.75. The molecule has 1 heterocycles. The Morgan fingerprint density at radius 3 is 2.93 bits per heavy atom. The minimum atomic E-state index is -0.215. The van der Waals surface area contributed by atoms with Crippen molar-refractivity contribution in [3.05, 3.63) is 28.8 Å². The van der Waals surface area contributed by atoms with Crippen molar-refractivity contribution in [3.63, 3.8) is 0 Å². The van der Waals surface area contributed by atoms with Crippen LogP contribution in [-0.4, -0.2) is 15.4 Å². The molecule has 0 aliphatic heterocycles. The lowest BCUT2D eigenvalue weighted by Crippen LogP contribution is -2.11. The van der Waals surface area contributed by atoms with Gasteiger partial charge in [-0.2, -0.15) is 0 Å². The van der Waals surface area contributed by atoms with E-state index in [1.54, 1.807) is 23.7 Å². The highest BCUT2D eigenvalue weighted by atomic mass is 35.5. The number of hydrogen-bond acceptors (Lipinski definition) is 6. The second-order valence-electron chi connectivity index (χ2n) is 2.69. The number of halogens is 1. The van der Waals surface area contributed by atoms with Gasteiger partial charge in [-0.25, -0.2) is 10.5 Å². The fourth-order valence-corrected chi connectivity index (χ4v) is 1.29. The average molecular weight is 228 g/mol. The minimum absolute atomic E-state index is 0.0905. The summed E-state index contributed by atoms with van der Waals surface area (Å²) < 4.78 is 5.13. The molecule has 0 spiro atoms. The first-order valence-corrected chi connectivity index (χ1v) is 4.31. The van der Waals surface area contributed by atoms with Gasteiger partial charge < -0.3 is 9.62 Å². The highest BCUT2D eigenvalue weighted by Crippen LogP contribution is 2.17. The number of benzene rings is 1. The third-order valence-electron chi connectivity index (χ3n) is 1.76. The van der Waals surface area contributed by atoms with Crippen molar-refractivity contribution in [1.82, 2.24) is 4.98 Å². The lowest BCUT2D eigenvalue weighted by molar-refractivity contribution is 0.274. The summed E-state index contributed by atoms with van der Waals surface area (Å²) in [5, 5.41) is 20.6. The molecule has 0 saturated carbocycles. The Hall–Kier alpha value is -1.79. The van der Waals surface area contributed by atoms with Gasteiger partial charge >= 0.3 is 5.55 Å². The van der Waals surface area contributed by atoms with Gasteiger partial charge in [0.25, 0.3) is 0 Å².